The molecule has 2 nitrogen and oxygen atoms in total. The van der Waals surface area contributed by atoms with Gasteiger partial charge in [0.2, 0.25) is 0 Å². The lowest BCUT2D eigenvalue weighted by Gasteiger charge is -2.03. The number of rotatable bonds is 4. The molecule has 1 saturated carbocycles. The maximum atomic E-state index is 13.0. The van der Waals surface area contributed by atoms with Gasteiger partial charge >= 0.3 is 0 Å². The van der Waals surface area contributed by atoms with Crippen LogP contribution in [0.3, 0.4) is 0 Å². The van der Waals surface area contributed by atoms with E-state index in [0.717, 1.165) is 18.4 Å². The Kier molecular flexibility index (Phi) is 2.82. The van der Waals surface area contributed by atoms with Crippen molar-refractivity contribution in [1.29, 1.82) is 0 Å². The molecule has 1 N–H and O–H groups in total. The summed E-state index contributed by atoms with van der Waals surface area (Å²) >= 11 is 0. The molecule has 0 radical (unpaired) electrons. The minimum absolute atomic E-state index is 0.0375. The maximum absolute atomic E-state index is 13.0. The summed E-state index contributed by atoms with van der Waals surface area (Å²) in [6.07, 6.45) is 2.30. The molecule has 0 aliphatic heterocycles. The van der Waals surface area contributed by atoms with Crippen molar-refractivity contribution in [2.45, 2.75) is 25.8 Å². The predicted octanol–water partition coefficient (Wildman–Crippen LogP) is 2.07. The number of carbonyl (C=O) groups excluding carboxylic acids is 1. The van der Waals surface area contributed by atoms with E-state index in [1.165, 1.54) is 12.1 Å². The Morgan fingerprint density at radius 1 is 1.47 bits per heavy atom. The van der Waals surface area contributed by atoms with Crippen LogP contribution in [0, 0.1) is 12.7 Å². The van der Waals surface area contributed by atoms with E-state index >= 15 is 0 Å². The second-order valence-corrected chi connectivity index (χ2v) is 4.10. The number of halogens is 1. The maximum Gasteiger partial charge on any atom is 0.176 e. The highest BCUT2D eigenvalue weighted by molar-refractivity contribution is 5.97. The first kappa shape index (κ1) is 10.3. The van der Waals surface area contributed by atoms with Gasteiger partial charge in [0.05, 0.1) is 6.54 Å². The third kappa shape index (κ3) is 2.86. The largest absolute Gasteiger partial charge is 0.307 e. The van der Waals surface area contributed by atoms with Crippen LogP contribution in [0.15, 0.2) is 18.2 Å². The summed E-state index contributed by atoms with van der Waals surface area (Å²) in [6, 6.07) is 4.94. The van der Waals surface area contributed by atoms with Crippen LogP contribution in [0.2, 0.25) is 0 Å². The van der Waals surface area contributed by atoms with Crippen molar-refractivity contribution in [3.05, 3.63) is 35.1 Å². The van der Waals surface area contributed by atoms with Crippen molar-refractivity contribution in [2.24, 2.45) is 0 Å². The quantitative estimate of drug-likeness (QED) is 0.766. The first-order valence-corrected chi connectivity index (χ1v) is 5.19. The lowest BCUT2D eigenvalue weighted by molar-refractivity contribution is 0.0990. The van der Waals surface area contributed by atoms with Gasteiger partial charge in [-0.15, -0.1) is 0 Å². The Morgan fingerprint density at radius 3 is 2.80 bits per heavy atom. The summed E-state index contributed by atoms with van der Waals surface area (Å²) in [5.74, 6) is -0.380. The van der Waals surface area contributed by atoms with E-state index in [2.05, 4.69) is 5.32 Å². The molecule has 2 rings (SSSR count). The molecule has 0 bridgehead atoms. The number of hydrogen-bond donors (Lipinski definition) is 1. The van der Waals surface area contributed by atoms with Gasteiger partial charge in [-0.25, -0.2) is 4.39 Å². The molecule has 0 atom stereocenters. The summed E-state index contributed by atoms with van der Waals surface area (Å²) < 4.78 is 13.0. The average molecular weight is 207 g/mol. The Morgan fingerprint density at radius 2 is 2.20 bits per heavy atom. The fraction of sp³-hybridized carbons (Fsp3) is 0.417. The van der Waals surface area contributed by atoms with Gasteiger partial charge in [-0.2, -0.15) is 0 Å². The molecular weight excluding hydrogens is 193 g/mol. The Bertz CT molecular complexity index is 365. The number of carbonyl (C=O) groups is 1. The normalized spacial score (nSPS) is 15.3. The molecule has 1 aliphatic rings. The second-order valence-electron chi connectivity index (χ2n) is 4.10. The molecule has 0 amide bonds. The van der Waals surface area contributed by atoms with Crippen LogP contribution in [-0.2, 0) is 0 Å². The van der Waals surface area contributed by atoms with E-state index in [9.17, 15) is 9.18 Å². The molecule has 1 aromatic carbocycles. The summed E-state index contributed by atoms with van der Waals surface area (Å²) in [4.78, 5) is 11.7. The zero-order chi connectivity index (χ0) is 10.8. The molecular formula is C12H14FNO. The fourth-order valence-electron chi connectivity index (χ4n) is 1.52. The van der Waals surface area contributed by atoms with Gasteiger partial charge in [-0.1, -0.05) is 0 Å². The minimum atomic E-state index is -0.343. The third-order valence-electron chi connectivity index (χ3n) is 2.49. The topological polar surface area (TPSA) is 29.1 Å². The second kappa shape index (κ2) is 4.11. The number of nitrogens with one attached hydrogen (secondary N) is 1. The van der Waals surface area contributed by atoms with Crippen molar-refractivity contribution in [3.63, 3.8) is 0 Å². The molecule has 1 fully saturated rings. The van der Waals surface area contributed by atoms with Gasteiger partial charge in [0.1, 0.15) is 5.82 Å². The van der Waals surface area contributed by atoms with E-state index in [1.807, 2.05) is 0 Å². The zero-order valence-corrected chi connectivity index (χ0v) is 8.72. The smallest absolute Gasteiger partial charge is 0.176 e. The predicted molar refractivity (Wildman–Crippen MR) is 56.5 cm³/mol. The fourth-order valence-corrected chi connectivity index (χ4v) is 1.52. The van der Waals surface area contributed by atoms with E-state index in [1.54, 1.807) is 13.0 Å². The van der Waals surface area contributed by atoms with Crippen LogP contribution in [0.25, 0.3) is 0 Å². The summed E-state index contributed by atoms with van der Waals surface area (Å²) in [5.41, 5.74) is 1.24. The van der Waals surface area contributed by atoms with Gasteiger partial charge in [-0.05, 0) is 43.5 Å². The van der Waals surface area contributed by atoms with E-state index in [4.69, 9.17) is 0 Å². The summed E-state index contributed by atoms with van der Waals surface area (Å²) in [7, 11) is 0. The number of benzene rings is 1. The SMILES string of the molecule is Cc1cc(F)cc(C(=O)CNC2CC2)c1. The van der Waals surface area contributed by atoms with Crippen molar-refractivity contribution in [1.82, 2.24) is 5.32 Å². The van der Waals surface area contributed by atoms with Crippen molar-refractivity contribution in [3.8, 4) is 0 Å². The van der Waals surface area contributed by atoms with Gasteiger partial charge in [0.25, 0.3) is 0 Å². The standard InChI is InChI=1S/C12H14FNO/c1-8-4-9(6-10(13)5-8)12(15)7-14-11-2-3-11/h4-6,11,14H,2-3,7H2,1H3. The highest BCUT2D eigenvalue weighted by Gasteiger charge is 2.21. The number of ketones is 1. The van der Waals surface area contributed by atoms with Crippen LogP contribution in [-0.4, -0.2) is 18.4 Å². The number of Topliss-reactive ketones (excluding diaryl/α,β-unsaturated/α-hetero) is 1. The first-order chi connectivity index (χ1) is 7.15. The molecule has 1 aliphatic carbocycles. The van der Waals surface area contributed by atoms with Gasteiger partial charge in [-0.3, -0.25) is 4.79 Å². The van der Waals surface area contributed by atoms with Crippen LogP contribution in [0.1, 0.15) is 28.8 Å². The molecule has 0 saturated heterocycles. The monoisotopic (exact) mass is 207 g/mol. The summed E-state index contributed by atoms with van der Waals surface area (Å²) in [5, 5.41) is 3.12. The molecule has 80 valence electrons. The van der Waals surface area contributed by atoms with Crippen molar-refractivity contribution >= 4 is 5.78 Å². The van der Waals surface area contributed by atoms with Crippen LogP contribution < -0.4 is 5.32 Å². The molecule has 3 heteroatoms. The zero-order valence-electron chi connectivity index (χ0n) is 8.72. The minimum Gasteiger partial charge on any atom is -0.307 e. The van der Waals surface area contributed by atoms with Crippen LogP contribution in [0.5, 0.6) is 0 Å². The lowest BCUT2D eigenvalue weighted by Crippen LogP contribution is -2.24. The van der Waals surface area contributed by atoms with Crippen molar-refractivity contribution < 1.29 is 9.18 Å². The van der Waals surface area contributed by atoms with Crippen molar-refractivity contribution in [2.75, 3.05) is 6.54 Å². The van der Waals surface area contributed by atoms with Crippen LogP contribution in [0.4, 0.5) is 4.39 Å². The number of aryl methyl sites for hydroxylation is 1. The average Bonchev–Trinajstić information content (AvgIpc) is 2.96. The Labute approximate surface area is 88.5 Å². The Hall–Kier alpha value is -1.22. The highest BCUT2D eigenvalue weighted by Crippen LogP contribution is 2.18. The molecule has 0 aromatic heterocycles. The van der Waals surface area contributed by atoms with E-state index < -0.39 is 0 Å². The molecule has 0 spiro atoms. The molecule has 15 heavy (non-hydrogen) atoms. The van der Waals surface area contributed by atoms with Gasteiger partial charge < -0.3 is 5.32 Å². The first-order valence-electron chi connectivity index (χ1n) is 5.19. The van der Waals surface area contributed by atoms with E-state index in [-0.39, 0.29) is 11.6 Å². The number of hydrogen-bond acceptors (Lipinski definition) is 2. The van der Waals surface area contributed by atoms with E-state index in [0.29, 0.717) is 18.2 Å². The van der Waals surface area contributed by atoms with Crippen LogP contribution >= 0.6 is 0 Å². The van der Waals surface area contributed by atoms with Gasteiger partial charge in [0, 0.05) is 11.6 Å². The lowest BCUT2D eigenvalue weighted by atomic mass is 10.1. The van der Waals surface area contributed by atoms with Gasteiger partial charge in [0.15, 0.2) is 5.78 Å². The third-order valence-corrected chi connectivity index (χ3v) is 2.49. The summed E-state index contributed by atoms with van der Waals surface area (Å²) in [6.45, 7) is 2.10. The molecule has 0 unspecified atom stereocenters. The molecule has 0 heterocycles. The Balaban J connectivity index is 2.02. The molecule has 1 aromatic rings. The highest BCUT2D eigenvalue weighted by atomic mass is 19.1.